The molecule has 0 bridgehead atoms. The summed E-state index contributed by atoms with van der Waals surface area (Å²) >= 11 is 0. The van der Waals surface area contributed by atoms with Crippen molar-refractivity contribution in [2.24, 2.45) is 0 Å². The van der Waals surface area contributed by atoms with Crippen molar-refractivity contribution in [3.63, 3.8) is 0 Å². The van der Waals surface area contributed by atoms with Crippen LogP contribution in [-0.2, 0) is 4.74 Å². The quantitative estimate of drug-likeness (QED) is 0.158. The molecule has 1 aromatic heterocycles. The van der Waals surface area contributed by atoms with Crippen molar-refractivity contribution < 1.29 is 23.4 Å². The molecule has 0 fully saturated rings. The molecule has 3 aromatic carbocycles. The van der Waals surface area contributed by atoms with Gasteiger partial charge in [0.1, 0.15) is 22.8 Å². The SMILES string of the molecule is COc1ccc2oc(-c3ccc(OCCCCCCOC(=O)c4cc(N)cc(N)c4)cc3)cc(=O)c2c1. The first-order chi connectivity index (χ1) is 17.9. The highest BCUT2D eigenvalue weighted by Gasteiger charge is 2.10. The Morgan fingerprint density at radius 1 is 0.811 bits per heavy atom. The molecule has 4 rings (SSSR count). The van der Waals surface area contributed by atoms with Crippen LogP contribution in [0.25, 0.3) is 22.3 Å². The van der Waals surface area contributed by atoms with Crippen LogP contribution in [-0.4, -0.2) is 26.3 Å². The van der Waals surface area contributed by atoms with Gasteiger partial charge in [-0.25, -0.2) is 4.79 Å². The molecule has 8 nitrogen and oxygen atoms in total. The van der Waals surface area contributed by atoms with Crippen molar-refractivity contribution in [3.05, 3.63) is 82.5 Å². The lowest BCUT2D eigenvalue weighted by atomic mass is 10.1. The van der Waals surface area contributed by atoms with E-state index in [2.05, 4.69) is 0 Å². The number of methoxy groups -OCH3 is 1. The highest BCUT2D eigenvalue weighted by Crippen LogP contribution is 2.26. The maximum atomic E-state index is 12.5. The minimum atomic E-state index is -0.422. The molecule has 0 spiro atoms. The predicted octanol–water partition coefficient (Wildman–Crippen LogP) is 5.43. The van der Waals surface area contributed by atoms with Crippen LogP contribution in [0.5, 0.6) is 11.5 Å². The summed E-state index contributed by atoms with van der Waals surface area (Å²) < 4.78 is 22.2. The Kier molecular flexibility index (Phi) is 8.30. The lowest BCUT2D eigenvalue weighted by Crippen LogP contribution is -2.08. The van der Waals surface area contributed by atoms with E-state index in [1.807, 2.05) is 24.3 Å². The van der Waals surface area contributed by atoms with Crippen LogP contribution in [0, 0.1) is 0 Å². The van der Waals surface area contributed by atoms with Crippen LogP contribution >= 0.6 is 0 Å². The fraction of sp³-hybridized carbons (Fsp3) is 0.241. The number of esters is 1. The van der Waals surface area contributed by atoms with Crippen molar-refractivity contribution >= 4 is 28.3 Å². The first kappa shape index (κ1) is 25.6. The topological polar surface area (TPSA) is 127 Å². The van der Waals surface area contributed by atoms with Gasteiger partial charge in [-0.3, -0.25) is 4.79 Å². The third-order valence-corrected chi connectivity index (χ3v) is 5.83. The summed E-state index contributed by atoms with van der Waals surface area (Å²) in [6, 6.07) is 18.8. The second kappa shape index (κ2) is 12.0. The van der Waals surface area contributed by atoms with E-state index in [4.69, 9.17) is 30.1 Å². The molecule has 0 amide bonds. The second-order valence-electron chi connectivity index (χ2n) is 8.65. The number of carbonyl (C=O) groups is 1. The minimum Gasteiger partial charge on any atom is -0.497 e. The zero-order chi connectivity index (χ0) is 26.2. The number of rotatable bonds is 11. The first-order valence-corrected chi connectivity index (χ1v) is 12.1. The molecular weight excluding hydrogens is 472 g/mol. The van der Waals surface area contributed by atoms with E-state index >= 15 is 0 Å². The normalized spacial score (nSPS) is 10.8. The van der Waals surface area contributed by atoms with Crippen molar-refractivity contribution in [1.82, 2.24) is 0 Å². The van der Waals surface area contributed by atoms with Crippen LogP contribution in [0.15, 0.2) is 75.9 Å². The van der Waals surface area contributed by atoms with Gasteiger partial charge in [-0.2, -0.15) is 0 Å². The molecule has 0 aliphatic heterocycles. The lowest BCUT2D eigenvalue weighted by Gasteiger charge is -2.08. The van der Waals surface area contributed by atoms with E-state index in [1.54, 1.807) is 43.5 Å². The molecule has 1 heterocycles. The van der Waals surface area contributed by atoms with Gasteiger partial charge in [0.15, 0.2) is 5.43 Å². The largest absolute Gasteiger partial charge is 0.497 e. The van der Waals surface area contributed by atoms with Crippen LogP contribution < -0.4 is 26.4 Å². The van der Waals surface area contributed by atoms with Gasteiger partial charge >= 0.3 is 5.97 Å². The summed E-state index contributed by atoms with van der Waals surface area (Å²) in [5.74, 6) is 1.42. The summed E-state index contributed by atoms with van der Waals surface area (Å²) in [5.41, 5.74) is 13.8. The molecule has 0 radical (unpaired) electrons. The highest BCUT2D eigenvalue weighted by molar-refractivity contribution is 5.91. The van der Waals surface area contributed by atoms with E-state index in [-0.39, 0.29) is 5.43 Å². The first-order valence-electron chi connectivity index (χ1n) is 12.1. The van der Waals surface area contributed by atoms with Crippen LogP contribution in [0.1, 0.15) is 36.0 Å². The predicted molar refractivity (Wildman–Crippen MR) is 144 cm³/mol. The van der Waals surface area contributed by atoms with Gasteiger partial charge in [0, 0.05) is 23.0 Å². The summed E-state index contributed by atoms with van der Waals surface area (Å²) in [6.07, 6.45) is 3.52. The molecular formula is C29H30N2O6. The Labute approximate surface area is 214 Å². The Hall–Kier alpha value is -4.46. The summed E-state index contributed by atoms with van der Waals surface area (Å²) in [7, 11) is 1.56. The molecule has 4 N–H and O–H groups in total. The number of anilines is 2. The Morgan fingerprint density at radius 3 is 2.19 bits per heavy atom. The van der Waals surface area contributed by atoms with Gasteiger partial charge in [-0.15, -0.1) is 0 Å². The molecule has 0 atom stereocenters. The average molecular weight is 503 g/mol. The minimum absolute atomic E-state index is 0.125. The van der Waals surface area contributed by atoms with Gasteiger partial charge in [-0.1, -0.05) is 0 Å². The molecule has 8 heteroatoms. The lowest BCUT2D eigenvalue weighted by molar-refractivity contribution is 0.0497. The maximum Gasteiger partial charge on any atom is 0.338 e. The number of hydrogen-bond acceptors (Lipinski definition) is 8. The number of benzene rings is 3. The summed E-state index contributed by atoms with van der Waals surface area (Å²) in [4.78, 5) is 24.6. The number of nitrogen functional groups attached to an aromatic ring is 2. The van der Waals surface area contributed by atoms with Crippen molar-refractivity contribution in [2.45, 2.75) is 25.7 Å². The standard InChI is InChI=1S/C29H30N2O6/c1-34-24-10-11-27-25(17-24)26(32)18-28(37-27)19-6-8-23(9-7-19)35-12-4-2-3-5-13-36-29(33)20-14-21(30)16-22(31)15-20/h6-11,14-18H,2-5,12-13,30-31H2,1H3. The van der Waals surface area contributed by atoms with E-state index in [0.717, 1.165) is 37.0 Å². The number of fused-ring (bicyclic) bond motifs is 1. The molecule has 0 aliphatic carbocycles. The van der Waals surface area contributed by atoms with Gasteiger partial charge < -0.3 is 30.1 Å². The van der Waals surface area contributed by atoms with Gasteiger partial charge in [0.05, 0.1) is 31.3 Å². The van der Waals surface area contributed by atoms with Crippen LogP contribution in [0.4, 0.5) is 11.4 Å². The Balaban J connectivity index is 1.18. The molecule has 0 unspecified atom stereocenters. The van der Waals surface area contributed by atoms with Gasteiger partial charge in [-0.05, 0) is 86.3 Å². The highest BCUT2D eigenvalue weighted by atomic mass is 16.5. The zero-order valence-corrected chi connectivity index (χ0v) is 20.7. The molecule has 192 valence electrons. The Bertz CT molecular complexity index is 1410. The summed E-state index contributed by atoms with van der Waals surface area (Å²) in [5, 5.41) is 0.479. The van der Waals surface area contributed by atoms with Crippen LogP contribution in [0.3, 0.4) is 0 Å². The van der Waals surface area contributed by atoms with Gasteiger partial charge in [0.2, 0.25) is 0 Å². The fourth-order valence-corrected chi connectivity index (χ4v) is 3.91. The molecule has 0 saturated carbocycles. The average Bonchev–Trinajstić information content (AvgIpc) is 2.89. The zero-order valence-electron chi connectivity index (χ0n) is 20.7. The van der Waals surface area contributed by atoms with E-state index in [1.165, 1.54) is 6.07 Å². The third kappa shape index (κ3) is 6.82. The monoisotopic (exact) mass is 502 g/mol. The molecule has 0 aliphatic rings. The molecule has 4 aromatic rings. The number of hydrogen-bond donors (Lipinski definition) is 2. The second-order valence-corrected chi connectivity index (χ2v) is 8.65. The Morgan fingerprint density at radius 2 is 1.49 bits per heavy atom. The molecule has 0 saturated heterocycles. The number of ether oxygens (including phenoxy) is 3. The van der Waals surface area contributed by atoms with E-state index in [0.29, 0.717) is 52.6 Å². The van der Waals surface area contributed by atoms with Crippen molar-refractivity contribution in [2.75, 3.05) is 31.8 Å². The van der Waals surface area contributed by atoms with E-state index in [9.17, 15) is 9.59 Å². The number of nitrogens with two attached hydrogens (primary N) is 2. The molecule has 37 heavy (non-hydrogen) atoms. The van der Waals surface area contributed by atoms with Crippen molar-refractivity contribution in [3.8, 4) is 22.8 Å². The van der Waals surface area contributed by atoms with Crippen molar-refractivity contribution in [1.29, 1.82) is 0 Å². The fourth-order valence-electron chi connectivity index (χ4n) is 3.91. The van der Waals surface area contributed by atoms with E-state index < -0.39 is 5.97 Å². The number of carbonyl (C=O) groups excluding carboxylic acids is 1. The van der Waals surface area contributed by atoms with Gasteiger partial charge in [0.25, 0.3) is 0 Å². The third-order valence-electron chi connectivity index (χ3n) is 5.83. The number of unbranched alkanes of at least 4 members (excludes halogenated alkanes) is 3. The smallest absolute Gasteiger partial charge is 0.338 e. The van der Waals surface area contributed by atoms with Crippen LogP contribution in [0.2, 0.25) is 0 Å². The maximum absolute atomic E-state index is 12.5. The summed E-state index contributed by atoms with van der Waals surface area (Å²) in [6.45, 7) is 0.920.